The molecule has 0 bridgehead atoms. The second-order valence-corrected chi connectivity index (χ2v) is 9.24. The minimum absolute atomic E-state index is 0.0430. The number of ether oxygens (including phenoxy) is 2. The maximum atomic E-state index is 14.7. The van der Waals surface area contributed by atoms with Crippen LogP contribution in [0.5, 0.6) is 5.75 Å². The Hall–Kier alpha value is -3.24. The Bertz CT molecular complexity index is 1270. The van der Waals surface area contributed by atoms with E-state index in [2.05, 4.69) is 4.98 Å². The van der Waals surface area contributed by atoms with Gasteiger partial charge in [-0.05, 0) is 48.7 Å². The molecule has 0 radical (unpaired) electrons. The van der Waals surface area contributed by atoms with E-state index in [1.807, 2.05) is 6.92 Å². The lowest BCUT2D eigenvalue weighted by Gasteiger charge is -2.37. The first-order valence-corrected chi connectivity index (χ1v) is 11.9. The number of carbonyl (C=O) groups excluding carboxylic acids is 1. The summed E-state index contributed by atoms with van der Waals surface area (Å²) in [4.78, 5) is 30.8. The number of aryl methyl sites for hydroxylation is 1. The number of thiazole rings is 1. The third-order valence-electron chi connectivity index (χ3n) is 5.69. The van der Waals surface area contributed by atoms with Gasteiger partial charge in [-0.15, -0.1) is 11.3 Å². The molecule has 1 atom stereocenters. The topological polar surface area (TPSA) is 89.0 Å². The van der Waals surface area contributed by atoms with Gasteiger partial charge in [-0.1, -0.05) is 17.7 Å². The van der Waals surface area contributed by atoms with Crippen LogP contribution in [0.15, 0.2) is 35.8 Å². The zero-order valence-corrected chi connectivity index (χ0v) is 20.2. The van der Waals surface area contributed by atoms with Crippen molar-refractivity contribution in [1.82, 2.24) is 9.88 Å². The quantitative estimate of drug-likeness (QED) is 0.460. The van der Waals surface area contributed by atoms with E-state index in [9.17, 15) is 18.4 Å². The predicted molar refractivity (Wildman–Crippen MR) is 125 cm³/mol. The molecular formula is C24H21ClF2N2O5S. The number of fused-ring (bicyclic) bond motifs is 1. The van der Waals surface area contributed by atoms with Gasteiger partial charge >= 0.3 is 12.1 Å². The van der Waals surface area contributed by atoms with Crippen LogP contribution in [-0.4, -0.2) is 46.8 Å². The second kappa shape index (κ2) is 10.6. The molecule has 1 N–H and O–H groups in total. The minimum atomic E-state index is -1.20. The summed E-state index contributed by atoms with van der Waals surface area (Å²) in [6.45, 7) is 1.39. The maximum Gasteiger partial charge on any atom is 0.410 e. The van der Waals surface area contributed by atoms with Gasteiger partial charge in [0.15, 0.2) is 18.2 Å². The third-order valence-corrected chi connectivity index (χ3v) is 6.92. The highest BCUT2D eigenvalue weighted by Gasteiger charge is 2.37. The lowest BCUT2D eigenvalue weighted by atomic mass is 9.87. The molecule has 3 aromatic rings. The average molecular weight is 523 g/mol. The summed E-state index contributed by atoms with van der Waals surface area (Å²) in [5.41, 5.74) is 3.39. The summed E-state index contributed by atoms with van der Waals surface area (Å²) in [6, 6.07) is 5.96. The first-order chi connectivity index (χ1) is 16.8. The molecule has 184 valence electrons. The summed E-state index contributed by atoms with van der Waals surface area (Å²) in [6.07, 6.45) is -0.0946. The van der Waals surface area contributed by atoms with E-state index in [0.717, 1.165) is 16.6 Å². The molecule has 1 aliphatic heterocycles. The molecule has 2 aromatic carbocycles. The normalized spacial score (nSPS) is 15.0. The summed E-state index contributed by atoms with van der Waals surface area (Å²) in [5.74, 6) is -3.03. The average Bonchev–Trinajstić information content (AvgIpc) is 3.24. The lowest BCUT2D eigenvalue weighted by Crippen LogP contribution is -2.41. The number of carboxylic acid groups (broad SMARTS) is 1. The number of halogens is 3. The molecule has 0 saturated carbocycles. The molecule has 0 fully saturated rings. The highest BCUT2D eigenvalue weighted by atomic mass is 35.5. The van der Waals surface area contributed by atoms with Gasteiger partial charge in [0.25, 0.3) is 0 Å². The van der Waals surface area contributed by atoms with Gasteiger partial charge in [0.05, 0.1) is 23.9 Å². The van der Waals surface area contributed by atoms with Crippen LogP contribution in [0.4, 0.5) is 13.6 Å². The Labute approximate surface area is 208 Å². The number of carboxylic acids is 1. The van der Waals surface area contributed by atoms with Gasteiger partial charge in [0, 0.05) is 28.4 Å². The van der Waals surface area contributed by atoms with E-state index in [0.29, 0.717) is 22.6 Å². The number of hydrogen-bond acceptors (Lipinski definition) is 6. The van der Waals surface area contributed by atoms with Crippen molar-refractivity contribution < 1.29 is 33.0 Å². The van der Waals surface area contributed by atoms with Crippen molar-refractivity contribution in [2.45, 2.75) is 25.8 Å². The molecular weight excluding hydrogens is 502 g/mol. The van der Waals surface area contributed by atoms with Gasteiger partial charge in [0.2, 0.25) is 0 Å². The lowest BCUT2D eigenvalue weighted by molar-refractivity contribution is -0.139. The molecule has 7 nitrogen and oxygen atoms in total. The van der Waals surface area contributed by atoms with E-state index in [1.165, 1.54) is 40.5 Å². The highest BCUT2D eigenvalue weighted by Crippen LogP contribution is 2.41. The van der Waals surface area contributed by atoms with Crippen LogP contribution in [0.2, 0.25) is 5.02 Å². The van der Waals surface area contributed by atoms with E-state index < -0.39 is 36.3 Å². The molecule has 1 aliphatic rings. The molecule has 0 spiro atoms. The predicted octanol–water partition coefficient (Wildman–Crippen LogP) is 5.17. The number of aliphatic carboxylic acids is 1. The van der Waals surface area contributed by atoms with Gasteiger partial charge in [-0.2, -0.15) is 0 Å². The second-order valence-electron chi connectivity index (χ2n) is 7.86. The van der Waals surface area contributed by atoms with Crippen molar-refractivity contribution >= 4 is 35.0 Å². The van der Waals surface area contributed by atoms with Crippen molar-refractivity contribution in [2.24, 2.45) is 0 Å². The van der Waals surface area contributed by atoms with Gasteiger partial charge in [-0.3, -0.25) is 4.90 Å². The van der Waals surface area contributed by atoms with Crippen LogP contribution >= 0.6 is 22.9 Å². The van der Waals surface area contributed by atoms with Crippen molar-refractivity contribution in [3.05, 3.63) is 79.8 Å². The molecule has 35 heavy (non-hydrogen) atoms. The third kappa shape index (κ3) is 5.38. The van der Waals surface area contributed by atoms with Crippen LogP contribution in [0.25, 0.3) is 0 Å². The highest BCUT2D eigenvalue weighted by molar-refractivity contribution is 7.09. The van der Waals surface area contributed by atoms with E-state index in [-0.39, 0.29) is 30.9 Å². The molecule has 1 aromatic heterocycles. The van der Waals surface area contributed by atoms with E-state index in [1.54, 1.807) is 5.51 Å². The Morgan fingerprint density at radius 3 is 2.77 bits per heavy atom. The van der Waals surface area contributed by atoms with Crippen molar-refractivity contribution in [3.8, 4) is 5.75 Å². The van der Waals surface area contributed by atoms with Crippen LogP contribution in [-0.2, 0) is 22.4 Å². The monoisotopic (exact) mass is 522 g/mol. The Balaban J connectivity index is 1.69. The Kier molecular flexibility index (Phi) is 7.51. The molecule has 2 heterocycles. The first kappa shape index (κ1) is 24.9. The Morgan fingerprint density at radius 2 is 2.06 bits per heavy atom. The van der Waals surface area contributed by atoms with Crippen molar-refractivity contribution in [2.75, 3.05) is 19.8 Å². The summed E-state index contributed by atoms with van der Waals surface area (Å²) >= 11 is 7.69. The number of rotatable bonds is 7. The fourth-order valence-corrected chi connectivity index (χ4v) is 5.01. The van der Waals surface area contributed by atoms with Gasteiger partial charge < -0.3 is 14.6 Å². The SMILES string of the molecule is Cc1ncsc1CCOC(=O)N1CCc2c(ccc(F)c2F)C1c1cc(Cl)ccc1OCC(=O)O. The van der Waals surface area contributed by atoms with Gasteiger partial charge in [0.1, 0.15) is 5.75 Å². The van der Waals surface area contributed by atoms with Crippen LogP contribution < -0.4 is 4.74 Å². The molecule has 0 saturated heterocycles. The molecule has 1 unspecified atom stereocenters. The smallest absolute Gasteiger partial charge is 0.410 e. The number of carbonyl (C=O) groups is 2. The number of aromatic nitrogens is 1. The van der Waals surface area contributed by atoms with Crippen molar-refractivity contribution in [1.29, 1.82) is 0 Å². The van der Waals surface area contributed by atoms with Crippen LogP contribution in [0.1, 0.15) is 33.3 Å². The van der Waals surface area contributed by atoms with Crippen LogP contribution in [0.3, 0.4) is 0 Å². The minimum Gasteiger partial charge on any atom is -0.482 e. The fourth-order valence-electron chi connectivity index (χ4n) is 4.06. The number of nitrogens with zero attached hydrogens (tertiary/aromatic N) is 2. The first-order valence-electron chi connectivity index (χ1n) is 10.7. The summed E-state index contributed by atoms with van der Waals surface area (Å²) in [5, 5.41) is 9.36. The largest absolute Gasteiger partial charge is 0.482 e. The zero-order chi connectivity index (χ0) is 25.1. The van der Waals surface area contributed by atoms with Crippen molar-refractivity contribution in [3.63, 3.8) is 0 Å². The number of hydrogen-bond donors (Lipinski definition) is 1. The van der Waals surface area contributed by atoms with E-state index >= 15 is 0 Å². The van der Waals surface area contributed by atoms with Crippen LogP contribution in [0, 0.1) is 18.6 Å². The summed E-state index contributed by atoms with van der Waals surface area (Å²) < 4.78 is 39.6. The zero-order valence-electron chi connectivity index (χ0n) is 18.6. The fraction of sp³-hybridized carbons (Fsp3) is 0.292. The number of benzene rings is 2. The number of amides is 1. The standard InChI is InChI=1S/C24H21ClF2N2O5S/c1-13-20(35-12-28-13)7-9-33-24(32)29-8-6-15-16(3-4-18(26)22(15)27)23(29)17-10-14(25)2-5-19(17)34-11-21(30)31/h2-5,10,12,23H,6-9,11H2,1H3,(H,30,31). The Morgan fingerprint density at radius 1 is 1.26 bits per heavy atom. The van der Waals surface area contributed by atoms with Gasteiger partial charge in [-0.25, -0.2) is 23.4 Å². The molecule has 11 heteroatoms. The summed E-state index contributed by atoms with van der Waals surface area (Å²) in [7, 11) is 0. The maximum absolute atomic E-state index is 14.7. The molecule has 1 amide bonds. The molecule has 4 rings (SSSR count). The molecule has 0 aliphatic carbocycles. The van der Waals surface area contributed by atoms with E-state index in [4.69, 9.17) is 26.2 Å².